The van der Waals surface area contributed by atoms with E-state index >= 15 is 0 Å². The largest absolute Gasteiger partial charge is 0.493 e. The summed E-state index contributed by atoms with van der Waals surface area (Å²) in [5, 5.41) is 7.53. The molecule has 23 heavy (non-hydrogen) atoms. The van der Waals surface area contributed by atoms with Crippen LogP contribution in [-0.4, -0.2) is 31.9 Å². The van der Waals surface area contributed by atoms with Crippen LogP contribution in [0.15, 0.2) is 30.4 Å². The minimum absolute atomic E-state index is 0.506. The Morgan fingerprint density at radius 3 is 2.65 bits per heavy atom. The van der Waals surface area contributed by atoms with Crippen LogP contribution in [0, 0.1) is 11.8 Å². The van der Waals surface area contributed by atoms with Gasteiger partial charge in [0.05, 0.1) is 14.2 Å². The van der Waals surface area contributed by atoms with E-state index < -0.39 is 0 Å². The van der Waals surface area contributed by atoms with Crippen LogP contribution in [0.25, 0.3) is 0 Å². The van der Waals surface area contributed by atoms with Gasteiger partial charge in [-0.15, -0.1) is 0 Å². The third kappa shape index (κ3) is 3.78. The van der Waals surface area contributed by atoms with Gasteiger partial charge in [0, 0.05) is 12.6 Å². The van der Waals surface area contributed by atoms with E-state index in [-0.39, 0.29) is 0 Å². The zero-order valence-corrected chi connectivity index (χ0v) is 14.5. The van der Waals surface area contributed by atoms with Gasteiger partial charge in [-0.05, 0) is 61.0 Å². The number of allylic oxidation sites excluding steroid dienone is 1. The highest BCUT2D eigenvalue weighted by Gasteiger charge is 2.35. The van der Waals surface area contributed by atoms with Crippen LogP contribution in [-0.2, 0) is 6.42 Å². The Hall–Kier alpha value is -1.75. The number of hydrogen-bond acceptors (Lipinski definition) is 3. The Morgan fingerprint density at radius 2 is 2.00 bits per heavy atom. The first kappa shape index (κ1) is 16.1. The topological polar surface area (TPSA) is 42.5 Å². The molecule has 124 valence electrons. The van der Waals surface area contributed by atoms with Crippen LogP contribution in [0.4, 0.5) is 0 Å². The summed E-state index contributed by atoms with van der Waals surface area (Å²) < 4.78 is 10.6. The third-order valence-electron chi connectivity index (χ3n) is 4.74. The Balaban J connectivity index is 1.44. The minimum atomic E-state index is 0.506. The van der Waals surface area contributed by atoms with Gasteiger partial charge in [0.15, 0.2) is 16.6 Å². The first-order valence-electron chi connectivity index (χ1n) is 8.13. The van der Waals surface area contributed by atoms with Crippen molar-refractivity contribution in [3.8, 4) is 11.5 Å². The monoisotopic (exact) mass is 332 g/mol. The average molecular weight is 332 g/mol. The second kappa shape index (κ2) is 7.21. The molecule has 0 spiro atoms. The van der Waals surface area contributed by atoms with Gasteiger partial charge in [-0.25, -0.2) is 0 Å². The molecule has 0 amide bonds. The molecule has 0 heterocycles. The highest BCUT2D eigenvalue weighted by molar-refractivity contribution is 7.80. The third-order valence-corrected chi connectivity index (χ3v) is 5.00. The second-order valence-corrected chi connectivity index (χ2v) is 6.63. The zero-order chi connectivity index (χ0) is 16.2. The molecule has 0 radical (unpaired) electrons. The molecule has 2 bridgehead atoms. The zero-order valence-electron chi connectivity index (χ0n) is 13.7. The molecule has 2 N–H and O–H groups in total. The SMILES string of the molecule is COc1ccc(CCNC(=S)N[C@@H]2C[C@H]3C=C[C@H]2C3)cc1OC. The Bertz CT molecular complexity index is 603. The van der Waals surface area contributed by atoms with Gasteiger partial charge in [-0.2, -0.15) is 0 Å². The van der Waals surface area contributed by atoms with Crippen molar-refractivity contribution in [2.45, 2.75) is 25.3 Å². The van der Waals surface area contributed by atoms with Crippen molar-refractivity contribution in [3.05, 3.63) is 35.9 Å². The number of methoxy groups -OCH3 is 2. The summed E-state index contributed by atoms with van der Waals surface area (Å²) in [6, 6.07) is 6.51. The molecule has 3 atom stereocenters. The number of hydrogen-bond donors (Lipinski definition) is 2. The van der Waals surface area contributed by atoms with Gasteiger partial charge in [-0.1, -0.05) is 18.2 Å². The standard InChI is InChI=1S/C18H24N2O2S/c1-21-16-6-4-12(11-17(16)22-2)7-8-19-18(23)20-15-10-13-3-5-14(15)9-13/h3-6,11,13-15H,7-10H2,1-2H3,(H2,19,20,23)/t13-,14-,15+/m0/s1. The van der Waals surface area contributed by atoms with Gasteiger partial charge in [0.1, 0.15) is 0 Å². The molecular formula is C18H24N2O2S. The van der Waals surface area contributed by atoms with Crippen molar-refractivity contribution in [1.29, 1.82) is 0 Å². The number of rotatable bonds is 6. The number of ether oxygens (including phenoxy) is 2. The van der Waals surface area contributed by atoms with E-state index in [0.29, 0.717) is 12.0 Å². The molecule has 1 fully saturated rings. The van der Waals surface area contributed by atoms with E-state index in [1.54, 1.807) is 14.2 Å². The van der Waals surface area contributed by atoms with Gasteiger partial charge in [0.2, 0.25) is 0 Å². The summed E-state index contributed by atoms with van der Waals surface area (Å²) in [6.07, 6.45) is 8.05. The lowest BCUT2D eigenvalue weighted by Crippen LogP contribution is -2.44. The molecule has 1 aromatic carbocycles. The molecule has 0 aromatic heterocycles. The lowest BCUT2D eigenvalue weighted by molar-refractivity contribution is 0.354. The van der Waals surface area contributed by atoms with Crippen molar-refractivity contribution in [1.82, 2.24) is 10.6 Å². The molecule has 1 saturated carbocycles. The fourth-order valence-corrected chi connectivity index (χ4v) is 3.78. The quantitative estimate of drug-likeness (QED) is 0.619. The second-order valence-electron chi connectivity index (χ2n) is 6.23. The maximum absolute atomic E-state index is 5.42. The predicted molar refractivity (Wildman–Crippen MR) is 96.1 cm³/mol. The van der Waals surface area contributed by atoms with E-state index in [1.807, 2.05) is 12.1 Å². The van der Waals surface area contributed by atoms with E-state index in [4.69, 9.17) is 21.7 Å². The molecule has 5 heteroatoms. The molecule has 3 rings (SSSR count). The molecule has 2 aliphatic rings. The van der Waals surface area contributed by atoms with Crippen molar-refractivity contribution in [3.63, 3.8) is 0 Å². The van der Waals surface area contributed by atoms with Crippen LogP contribution in [0.3, 0.4) is 0 Å². The van der Waals surface area contributed by atoms with Crippen molar-refractivity contribution >= 4 is 17.3 Å². The molecule has 1 aromatic rings. The number of benzene rings is 1. The fourth-order valence-electron chi connectivity index (χ4n) is 3.52. The van der Waals surface area contributed by atoms with E-state index in [9.17, 15) is 0 Å². The smallest absolute Gasteiger partial charge is 0.166 e. The summed E-state index contributed by atoms with van der Waals surface area (Å²) in [4.78, 5) is 0. The van der Waals surface area contributed by atoms with Gasteiger partial charge in [0.25, 0.3) is 0 Å². The highest BCUT2D eigenvalue weighted by atomic mass is 32.1. The Labute approximate surface area is 143 Å². The average Bonchev–Trinajstić information content (AvgIpc) is 3.17. The maximum atomic E-state index is 5.42. The molecule has 0 saturated heterocycles. The summed E-state index contributed by atoms with van der Waals surface area (Å²) in [5.41, 5.74) is 1.20. The van der Waals surface area contributed by atoms with E-state index in [1.165, 1.54) is 18.4 Å². The van der Waals surface area contributed by atoms with Crippen LogP contribution >= 0.6 is 12.2 Å². The lowest BCUT2D eigenvalue weighted by Gasteiger charge is -2.22. The molecular weight excluding hydrogens is 308 g/mol. The fraction of sp³-hybridized carbons (Fsp3) is 0.500. The van der Waals surface area contributed by atoms with Crippen molar-refractivity contribution in [2.75, 3.05) is 20.8 Å². The molecule has 4 nitrogen and oxygen atoms in total. The van der Waals surface area contributed by atoms with Crippen molar-refractivity contribution < 1.29 is 9.47 Å². The van der Waals surface area contributed by atoms with E-state index in [2.05, 4.69) is 28.9 Å². The first-order chi connectivity index (χ1) is 11.2. The van der Waals surface area contributed by atoms with Gasteiger partial charge < -0.3 is 20.1 Å². The van der Waals surface area contributed by atoms with Crippen LogP contribution in [0.5, 0.6) is 11.5 Å². The first-order valence-corrected chi connectivity index (χ1v) is 8.54. The lowest BCUT2D eigenvalue weighted by atomic mass is 10.0. The summed E-state index contributed by atoms with van der Waals surface area (Å²) in [6.45, 7) is 0.804. The predicted octanol–water partition coefficient (Wildman–Crippen LogP) is 2.68. The number of fused-ring (bicyclic) bond motifs is 2. The highest BCUT2D eigenvalue weighted by Crippen LogP contribution is 2.38. The maximum Gasteiger partial charge on any atom is 0.166 e. The minimum Gasteiger partial charge on any atom is -0.493 e. The Kier molecular flexibility index (Phi) is 5.06. The number of thiocarbonyl (C=S) groups is 1. The Morgan fingerprint density at radius 1 is 1.17 bits per heavy atom. The number of nitrogens with one attached hydrogen (secondary N) is 2. The summed E-state index contributed by atoms with van der Waals surface area (Å²) in [5.74, 6) is 2.93. The van der Waals surface area contributed by atoms with Crippen LogP contribution in [0.2, 0.25) is 0 Å². The van der Waals surface area contributed by atoms with Gasteiger partial charge >= 0.3 is 0 Å². The van der Waals surface area contributed by atoms with Crippen LogP contribution < -0.4 is 20.1 Å². The van der Waals surface area contributed by atoms with Crippen LogP contribution in [0.1, 0.15) is 18.4 Å². The van der Waals surface area contributed by atoms with Gasteiger partial charge in [-0.3, -0.25) is 0 Å². The molecule has 2 aliphatic carbocycles. The normalized spacial score (nSPS) is 24.5. The molecule has 0 aliphatic heterocycles. The summed E-state index contributed by atoms with van der Waals surface area (Å²) in [7, 11) is 3.30. The van der Waals surface area contributed by atoms with E-state index in [0.717, 1.165) is 35.5 Å². The molecule has 0 unspecified atom stereocenters. The summed E-state index contributed by atoms with van der Waals surface area (Å²) >= 11 is 5.42. The van der Waals surface area contributed by atoms with Crippen molar-refractivity contribution in [2.24, 2.45) is 11.8 Å².